The van der Waals surface area contributed by atoms with Gasteiger partial charge in [0, 0.05) is 19.5 Å². The van der Waals surface area contributed by atoms with Gasteiger partial charge < -0.3 is 20.1 Å². The molecule has 2 aromatic carbocycles. The number of aliphatic hydroxyl groups excluding tert-OH is 1. The molecule has 2 fully saturated rings. The normalized spacial score (nSPS) is 17.2. The van der Waals surface area contributed by atoms with Crippen LogP contribution in [0.15, 0.2) is 35.1 Å². The number of likely N-dealkylation sites (N-methyl/N-ethyl adjacent to an activating group) is 1. The smallest absolute Gasteiger partial charge is 0.301 e. The zero-order chi connectivity index (χ0) is 27.8. The molecule has 0 amide bonds. The number of ether oxygens (including phenoxy) is 1. The fraction of sp³-hybridized carbons (Fsp3) is 0.423. The third-order valence-electron chi connectivity index (χ3n) is 7.61. The van der Waals surface area contributed by atoms with Crippen LogP contribution in [0.2, 0.25) is 0 Å². The molecule has 206 valence electrons. The van der Waals surface area contributed by atoms with Gasteiger partial charge in [-0.25, -0.2) is 9.37 Å². The number of H-pyrrole nitrogens is 1. The summed E-state index contributed by atoms with van der Waals surface area (Å²) in [6.07, 6.45) is 4.25. The van der Waals surface area contributed by atoms with Gasteiger partial charge in [-0.05, 0) is 74.5 Å². The molecule has 1 aliphatic heterocycles. The summed E-state index contributed by atoms with van der Waals surface area (Å²) in [6, 6.07) is 8.38. The number of hydrogen-bond donors (Lipinski definition) is 4. The van der Waals surface area contributed by atoms with E-state index in [4.69, 9.17) is 9.84 Å². The summed E-state index contributed by atoms with van der Waals surface area (Å²) in [5.74, 6) is -0.449. The van der Waals surface area contributed by atoms with E-state index >= 15 is 0 Å². The number of nitrogens with one attached hydrogen (secondary N) is 3. The van der Waals surface area contributed by atoms with Gasteiger partial charge in [0.2, 0.25) is 0 Å². The van der Waals surface area contributed by atoms with E-state index in [1.165, 1.54) is 19.2 Å². The Hall–Kier alpha value is -3.57. The average Bonchev–Trinajstić information content (AvgIpc) is 2.90. The van der Waals surface area contributed by atoms with Crippen LogP contribution in [0.5, 0.6) is 11.5 Å². The minimum atomic E-state index is -4.13. The lowest BCUT2D eigenvalue weighted by Gasteiger charge is -2.50. The van der Waals surface area contributed by atoms with Crippen molar-refractivity contribution in [2.24, 2.45) is 5.41 Å². The molecule has 0 atom stereocenters. The lowest BCUT2D eigenvalue weighted by Crippen LogP contribution is -2.45. The van der Waals surface area contributed by atoms with Gasteiger partial charge in [-0.2, -0.15) is 18.0 Å². The van der Waals surface area contributed by atoms with Crippen molar-refractivity contribution in [3.63, 3.8) is 0 Å². The van der Waals surface area contributed by atoms with Crippen molar-refractivity contribution < 1.29 is 22.7 Å². The number of halogens is 1. The number of benzene rings is 2. The second-order valence-electron chi connectivity index (χ2n) is 10.2. The molecule has 1 saturated heterocycles. The molecule has 0 bridgehead atoms. The number of nitrogens with zero attached hydrogens (tertiary/aromatic N) is 3. The number of rotatable bonds is 8. The van der Waals surface area contributed by atoms with Crippen molar-refractivity contribution in [3.8, 4) is 17.6 Å². The van der Waals surface area contributed by atoms with Gasteiger partial charge in [0.25, 0.3) is 5.56 Å². The zero-order valence-electron chi connectivity index (χ0n) is 21.3. The quantitative estimate of drug-likeness (QED) is 0.329. The first-order chi connectivity index (χ1) is 18.6. The van der Waals surface area contributed by atoms with Gasteiger partial charge in [-0.1, -0.05) is 0 Å². The Bertz CT molecular complexity index is 1610. The van der Waals surface area contributed by atoms with Gasteiger partial charge in [-0.15, -0.1) is 0 Å². The van der Waals surface area contributed by atoms with Crippen LogP contribution >= 0.6 is 0 Å². The summed E-state index contributed by atoms with van der Waals surface area (Å²) in [6.45, 7) is 1.45. The second-order valence-corrected chi connectivity index (χ2v) is 11.9. The first kappa shape index (κ1) is 27.0. The molecular formula is C26H29FN6O5S. The standard InChI is InChI=1S/C26H29FN6O5S/c1-33(10-11-34)39(36,37)32-22-5-3-20(27)23(19(22)15-28)38-17-2-4-21-18(12-17)25(35)31-24(30-21)16-13-26(14-16)6-8-29-9-7-26/h2-5,12,16,29,32,34H,6-11,13-14H2,1H3,(H,30,31,35). The Morgan fingerprint density at radius 1 is 1.28 bits per heavy atom. The van der Waals surface area contributed by atoms with E-state index in [0.29, 0.717) is 16.8 Å². The number of aliphatic hydroxyl groups is 1. The number of nitriles is 1. The van der Waals surface area contributed by atoms with Crippen LogP contribution < -0.4 is 20.3 Å². The second kappa shape index (κ2) is 10.5. The van der Waals surface area contributed by atoms with Crippen LogP contribution in [0.25, 0.3) is 10.9 Å². The number of piperidine rings is 1. The van der Waals surface area contributed by atoms with E-state index in [9.17, 15) is 22.9 Å². The molecule has 1 spiro atoms. The van der Waals surface area contributed by atoms with Crippen LogP contribution in [0, 0.1) is 22.6 Å². The van der Waals surface area contributed by atoms with Gasteiger partial charge >= 0.3 is 10.2 Å². The monoisotopic (exact) mass is 556 g/mol. The molecule has 39 heavy (non-hydrogen) atoms. The Morgan fingerprint density at radius 3 is 2.72 bits per heavy atom. The fourth-order valence-corrected chi connectivity index (χ4v) is 6.31. The van der Waals surface area contributed by atoms with Crippen LogP contribution in [0.1, 0.15) is 43.0 Å². The molecule has 1 aliphatic carbocycles. The minimum Gasteiger partial charge on any atom is -0.453 e. The van der Waals surface area contributed by atoms with E-state index in [0.717, 1.165) is 55.2 Å². The maximum absolute atomic E-state index is 14.8. The maximum Gasteiger partial charge on any atom is 0.301 e. The average molecular weight is 557 g/mol. The molecular weight excluding hydrogens is 527 g/mol. The molecule has 4 N–H and O–H groups in total. The molecule has 0 radical (unpaired) electrons. The van der Waals surface area contributed by atoms with E-state index in [1.807, 2.05) is 0 Å². The van der Waals surface area contributed by atoms with Gasteiger partial charge in [0.05, 0.1) is 23.2 Å². The van der Waals surface area contributed by atoms with Crippen molar-refractivity contribution >= 4 is 26.8 Å². The summed E-state index contributed by atoms with van der Waals surface area (Å²) in [5.41, 5.74) is -0.116. The van der Waals surface area contributed by atoms with Crippen LogP contribution in [-0.2, 0) is 10.2 Å². The molecule has 2 aliphatic rings. The first-order valence-electron chi connectivity index (χ1n) is 12.6. The highest BCUT2D eigenvalue weighted by atomic mass is 32.2. The summed E-state index contributed by atoms with van der Waals surface area (Å²) in [4.78, 5) is 20.5. The molecule has 13 heteroatoms. The van der Waals surface area contributed by atoms with Gasteiger partial charge in [0.15, 0.2) is 11.6 Å². The Balaban J connectivity index is 1.40. The molecule has 11 nitrogen and oxygen atoms in total. The highest BCUT2D eigenvalue weighted by Gasteiger charge is 2.46. The van der Waals surface area contributed by atoms with Crippen molar-refractivity contribution in [2.45, 2.75) is 31.6 Å². The van der Waals surface area contributed by atoms with Crippen LogP contribution in [0.4, 0.5) is 10.1 Å². The predicted octanol–water partition coefficient (Wildman–Crippen LogP) is 2.55. The highest BCUT2D eigenvalue weighted by Crippen LogP contribution is 2.55. The van der Waals surface area contributed by atoms with Gasteiger partial charge in [-0.3, -0.25) is 9.52 Å². The van der Waals surface area contributed by atoms with E-state index in [1.54, 1.807) is 12.1 Å². The van der Waals surface area contributed by atoms with Crippen molar-refractivity contribution in [3.05, 3.63) is 57.9 Å². The SMILES string of the molecule is CN(CCO)S(=O)(=O)Nc1ccc(F)c(Oc2ccc3nc(C4CC5(CCNCC5)C4)[nH]c(=O)c3c2)c1C#N. The Morgan fingerprint density at radius 2 is 2.03 bits per heavy atom. The summed E-state index contributed by atoms with van der Waals surface area (Å²) in [5, 5.41) is 22.4. The molecule has 1 saturated carbocycles. The lowest BCUT2D eigenvalue weighted by molar-refractivity contribution is 0.0568. The van der Waals surface area contributed by atoms with E-state index in [-0.39, 0.29) is 40.4 Å². The predicted molar refractivity (Wildman–Crippen MR) is 142 cm³/mol. The Labute approximate surface area is 224 Å². The molecule has 3 aromatic rings. The van der Waals surface area contributed by atoms with Crippen molar-refractivity contribution in [1.82, 2.24) is 19.6 Å². The number of aromatic nitrogens is 2. The van der Waals surface area contributed by atoms with Crippen LogP contribution in [-0.4, -0.2) is 61.1 Å². The molecule has 1 aromatic heterocycles. The number of aromatic amines is 1. The third-order valence-corrected chi connectivity index (χ3v) is 9.09. The Kier molecular flexibility index (Phi) is 7.30. The fourth-order valence-electron chi connectivity index (χ4n) is 5.39. The number of fused-ring (bicyclic) bond motifs is 1. The van der Waals surface area contributed by atoms with Gasteiger partial charge in [0.1, 0.15) is 23.2 Å². The third kappa shape index (κ3) is 5.33. The first-order valence-corrected chi connectivity index (χ1v) is 14.1. The summed E-state index contributed by atoms with van der Waals surface area (Å²) < 4.78 is 48.5. The zero-order valence-corrected chi connectivity index (χ0v) is 22.1. The topological polar surface area (TPSA) is 160 Å². The van der Waals surface area contributed by atoms with Crippen molar-refractivity contribution in [2.75, 3.05) is 38.0 Å². The largest absolute Gasteiger partial charge is 0.453 e. The van der Waals surface area contributed by atoms with Crippen molar-refractivity contribution in [1.29, 1.82) is 5.26 Å². The molecule has 5 rings (SSSR count). The summed E-state index contributed by atoms with van der Waals surface area (Å²) >= 11 is 0. The number of anilines is 1. The van der Waals surface area contributed by atoms with E-state index < -0.39 is 28.4 Å². The minimum absolute atomic E-state index is 0.0765. The summed E-state index contributed by atoms with van der Waals surface area (Å²) in [7, 11) is -2.88. The molecule has 2 heterocycles. The molecule has 0 unspecified atom stereocenters. The highest BCUT2D eigenvalue weighted by molar-refractivity contribution is 7.90. The van der Waals surface area contributed by atoms with E-state index in [2.05, 4.69) is 20.0 Å². The number of hydrogen-bond acceptors (Lipinski definition) is 8. The lowest BCUT2D eigenvalue weighted by atomic mass is 9.57. The van der Waals surface area contributed by atoms with Crippen LogP contribution in [0.3, 0.4) is 0 Å². The maximum atomic E-state index is 14.8.